The molecule has 34 heavy (non-hydrogen) atoms. The van der Waals surface area contributed by atoms with Gasteiger partial charge in [-0.1, -0.05) is 39.3 Å². The van der Waals surface area contributed by atoms with Crippen molar-refractivity contribution >= 4 is 23.6 Å². The third kappa shape index (κ3) is 11.5. The number of ether oxygens (including phenoxy) is 2. The molecule has 0 spiro atoms. The van der Waals surface area contributed by atoms with Crippen LogP contribution in [0.15, 0.2) is 41.3 Å². The fourth-order valence-electron chi connectivity index (χ4n) is 3.07. The van der Waals surface area contributed by atoms with Crippen LogP contribution in [0.3, 0.4) is 0 Å². The van der Waals surface area contributed by atoms with Crippen LogP contribution in [0.4, 0.5) is 8.78 Å². The molecule has 2 unspecified atom stereocenters. The highest BCUT2D eigenvalue weighted by atomic mass is 35.5. The lowest BCUT2D eigenvalue weighted by Crippen LogP contribution is -2.35. The zero-order valence-corrected chi connectivity index (χ0v) is 22.1. The molecule has 2 atom stereocenters. The molecule has 0 saturated carbocycles. The van der Waals surface area contributed by atoms with Crippen molar-refractivity contribution in [3.63, 3.8) is 0 Å². The lowest BCUT2D eigenvalue weighted by molar-refractivity contribution is 0.00815. The number of benzene rings is 2. The average Bonchev–Trinajstić information content (AvgIpc) is 2.91. The molecule has 0 bridgehead atoms. The minimum Gasteiger partial charge on any atom is -0.490 e. The first-order valence-corrected chi connectivity index (χ1v) is 12.4. The molecule has 2 heterocycles. The van der Waals surface area contributed by atoms with Crippen molar-refractivity contribution in [2.75, 3.05) is 26.4 Å². The number of rotatable bonds is 1. The molecule has 8 heteroatoms. The van der Waals surface area contributed by atoms with Gasteiger partial charge in [0, 0.05) is 52.6 Å². The first-order chi connectivity index (χ1) is 16.5. The van der Waals surface area contributed by atoms with Gasteiger partial charge in [-0.15, -0.1) is 12.8 Å². The summed E-state index contributed by atoms with van der Waals surface area (Å²) in [5.41, 5.74) is 0.402. The van der Waals surface area contributed by atoms with Crippen molar-refractivity contribution in [3.05, 3.63) is 58.6 Å². The SMILES string of the molecule is C#C.CC.CC.CCO.Fc1ccc(F)c2c1OCC1COCCC21.OSc1ccc(Cl)cc1. The molecule has 1 fully saturated rings. The maximum absolute atomic E-state index is 13.7. The minimum atomic E-state index is -0.471. The number of fused-ring (bicyclic) bond motifs is 3. The monoisotopic (exact) mass is 518 g/mol. The molecule has 4 rings (SSSR count). The highest BCUT2D eigenvalue weighted by Crippen LogP contribution is 2.43. The van der Waals surface area contributed by atoms with Crippen LogP contribution in [0.2, 0.25) is 5.02 Å². The maximum Gasteiger partial charge on any atom is 0.165 e. The first-order valence-electron chi connectivity index (χ1n) is 11.2. The summed E-state index contributed by atoms with van der Waals surface area (Å²) >= 11 is 6.30. The highest BCUT2D eigenvalue weighted by molar-refractivity contribution is 7.93. The summed E-state index contributed by atoms with van der Waals surface area (Å²) in [6, 6.07) is 9.28. The summed E-state index contributed by atoms with van der Waals surface area (Å²) in [5.74, 6) is -0.553. The summed E-state index contributed by atoms with van der Waals surface area (Å²) in [6.45, 7) is 11.5. The third-order valence-electron chi connectivity index (χ3n) is 4.30. The lowest BCUT2D eigenvalue weighted by atomic mass is 9.80. The fourth-order valence-corrected chi connectivity index (χ4v) is 3.45. The van der Waals surface area contributed by atoms with E-state index in [1.807, 2.05) is 27.7 Å². The van der Waals surface area contributed by atoms with E-state index in [0.717, 1.165) is 29.4 Å². The summed E-state index contributed by atoms with van der Waals surface area (Å²) in [4.78, 5) is 0.805. The number of halogens is 3. The second-order valence-corrected chi connectivity index (χ2v) is 7.27. The lowest BCUT2D eigenvalue weighted by Gasteiger charge is -2.36. The zero-order valence-electron chi connectivity index (χ0n) is 20.6. The molecule has 0 aromatic heterocycles. The van der Waals surface area contributed by atoms with Crippen LogP contribution in [0.25, 0.3) is 0 Å². The van der Waals surface area contributed by atoms with E-state index in [0.29, 0.717) is 30.4 Å². The second-order valence-electron chi connectivity index (χ2n) is 6.17. The molecule has 0 radical (unpaired) electrons. The van der Waals surface area contributed by atoms with Crippen molar-refractivity contribution in [1.82, 2.24) is 0 Å². The van der Waals surface area contributed by atoms with Gasteiger partial charge in [-0.05, 0) is 49.7 Å². The zero-order chi connectivity index (χ0) is 26.5. The van der Waals surface area contributed by atoms with Crippen molar-refractivity contribution in [1.29, 1.82) is 0 Å². The van der Waals surface area contributed by atoms with E-state index in [4.69, 9.17) is 30.7 Å². The smallest absolute Gasteiger partial charge is 0.165 e. The highest BCUT2D eigenvalue weighted by Gasteiger charge is 2.36. The van der Waals surface area contributed by atoms with Gasteiger partial charge >= 0.3 is 0 Å². The summed E-state index contributed by atoms with van der Waals surface area (Å²) < 4.78 is 46.4. The van der Waals surface area contributed by atoms with E-state index < -0.39 is 5.82 Å². The summed E-state index contributed by atoms with van der Waals surface area (Å²) in [5, 5.41) is 8.26. The van der Waals surface area contributed by atoms with Crippen molar-refractivity contribution in [2.45, 2.75) is 51.9 Å². The van der Waals surface area contributed by atoms with Crippen LogP contribution in [-0.2, 0) is 4.74 Å². The Hall–Kier alpha value is -1.82. The third-order valence-corrected chi connectivity index (χ3v) is 5.04. The molecule has 2 aromatic carbocycles. The van der Waals surface area contributed by atoms with Crippen LogP contribution >= 0.6 is 23.6 Å². The molecule has 2 N–H and O–H groups in total. The van der Waals surface area contributed by atoms with Crippen molar-refractivity contribution < 1.29 is 27.9 Å². The van der Waals surface area contributed by atoms with E-state index in [1.54, 1.807) is 31.2 Å². The quantitative estimate of drug-likeness (QED) is 0.299. The minimum absolute atomic E-state index is 0.0354. The van der Waals surface area contributed by atoms with Gasteiger partial charge in [-0.3, -0.25) is 0 Å². The molecule has 0 amide bonds. The Balaban J connectivity index is 0. The van der Waals surface area contributed by atoms with Gasteiger partial charge in [0.15, 0.2) is 11.6 Å². The van der Waals surface area contributed by atoms with Crippen molar-refractivity contribution in [3.8, 4) is 18.6 Å². The Morgan fingerprint density at radius 3 is 2.06 bits per heavy atom. The Bertz CT molecular complexity index is 788. The van der Waals surface area contributed by atoms with Crippen LogP contribution < -0.4 is 4.74 Å². The average molecular weight is 519 g/mol. The number of hydrogen-bond acceptors (Lipinski definition) is 5. The van der Waals surface area contributed by atoms with Gasteiger partial charge in [0.2, 0.25) is 0 Å². The molecule has 192 valence electrons. The van der Waals surface area contributed by atoms with Gasteiger partial charge in [-0.25, -0.2) is 8.78 Å². The van der Waals surface area contributed by atoms with Gasteiger partial charge < -0.3 is 19.1 Å². The van der Waals surface area contributed by atoms with Crippen LogP contribution in [0.1, 0.15) is 52.5 Å². The largest absolute Gasteiger partial charge is 0.490 e. The molecular weight excluding hydrogens is 482 g/mol. The fraction of sp³-hybridized carbons (Fsp3) is 0.462. The van der Waals surface area contributed by atoms with Crippen LogP contribution in [-0.4, -0.2) is 36.1 Å². The van der Waals surface area contributed by atoms with E-state index in [1.165, 1.54) is 6.07 Å². The van der Waals surface area contributed by atoms with E-state index >= 15 is 0 Å². The van der Waals surface area contributed by atoms with Gasteiger partial charge in [0.1, 0.15) is 5.82 Å². The van der Waals surface area contributed by atoms with Crippen molar-refractivity contribution in [2.24, 2.45) is 5.92 Å². The van der Waals surface area contributed by atoms with Gasteiger partial charge in [-0.2, -0.15) is 0 Å². The predicted octanol–water partition coefficient (Wildman–Crippen LogP) is 7.68. The van der Waals surface area contributed by atoms with Crippen LogP contribution in [0, 0.1) is 30.4 Å². The summed E-state index contributed by atoms with van der Waals surface area (Å²) in [6.07, 6.45) is 8.74. The number of aliphatic hydroxyl groups is 1. The summed E-state index contributed by atoms with van der Waals surface area (Å²) in [7, 11) is 0. The number of hydrogen-bond donors (Lipinski definition) is 2. The molecular formula is C26H37ClF2O4S. The van der Waals surface area contributed by atoms with E-state index in [9.17, 15) is 8.78 Å². The normalized spacial score (nSPS) is 16.6. The topological polar surface area (TPSA) is 58.9 Å². The first kappa shape index (κ1) is 34.3. The van der Waals surface area contributed by atoms with E-state index in [-0.39, 0.29) is 30.0 Å². The maximum atomic E-state index is 13.7. The van der Waals surface area contributed by atoms with Crippen LogP contribution in [0.5, 0.6) is 5.75 Å². The second kappa shape index (κ2) is 21.7. The molecule has 1 saturated heterocycles. The molecule has 2 aliphatic rings. The molecule has 2 aliphatic heterocycles. The Morgan fingerprint density at radius 1 is 1.00 bits per heavy atom. The van der Waals surface area contributed by atoms with Gasteiger partial charge in [0.25, 0.3) is 0 Å². The number of terminal acetylenes is 1. The Kier molecular flexibility index (Phi) is 21.9. The Labute approximate surface area is 212 Å². The number of aliphatic hydroxyl groups excluding tert-OH is 1. The van der Waals surface area contributed by atoms with Gasteiger partial charge in [0.05, 0.1) is 13.2 Å². The Morgan fingerprint density at radius 2 is 1.53 bits per heavy atom. The van der Waals surface area contributed by atoms with E-state index in [2.05, 4.69) is 12.8 Å². The molecule has 4 nitrogen and oxygen atoms in total. The molecule has 2 aromatic rings. The standard InChI is InChI=1S/C12H12F2O2.C6H5ClOS.C2H6O.2C2H6.C2H2/c13-9-1-2-10(14)12-11(9)8-3-4-15-5-7(8)6-16-12;7-5-1-3-6(9-8)4-2-5;1-2-3;3*1-2/h1-2,7-8H,3-6H2;1-4,8H;3H,2H2,1H3;2*1-2H3;1-2H. The molecule has 0 aliphatic carbocycles. The predicted molar refractivity (Wildman–Crippen MR) is 139 cm³/mol.